The van der Waals surface area contributed by atoms with E-state index in [4.69, 9.17) is 18.9 Å². The molecule has 0 aromatic rings. The molecule has 0 aliphatic carbocycles. The van der Waals surface area contributed by atoms with Gasteiger partial charge in [0.05, 0.1) is 0 Å². The second kappa shape index (κ2) is 7.04. The van der Waals surface area contributed by atoms with E-state index in [1.54, 1.807) is 6.08 Å². The molecule has 120 valence electrons. The van der Waals surface area contributed by atoms with Crippen molar-refractivity contribution in [3.8, 4) is 0 Å². The predicted octanol–water partition coefficient (Wildman–Crippen LogP) is 1.82. The average Bonchev–Trinajstić information content (AvgIpc) is 2.70. The molecule has 0 radical (unpaired) electrons. The molecule has 0 N–H and O–H groups in total. The molecule has 1 aliphatic rings. The molecule has 0 amide bonds. The molecule has 0 aromatic carbocycles. The molecule has 21 heavy (non-hydrogen) atoms. The van der Waals surface area contributed by atoms with E-state index in [1.807, 2.05) is 13.8 Å². The van der Waals surface area contributed by atoms with Gasteiger partial charge in [-0.05, 0) is 6.42 Å². The highest BCUT2D eigenvalue weighted by Crippen LogP contribution is 2.43. The molecular formula is C15H24O6. The number of ether oxygens (including phenoxy) is 4. The van der Waals surface area contributed by atoms with Crippen LogP contribution in [-0.4, -0.2) is 43.1 Å². The smallest absolute Gasteiger partial charge is 0.305 e. The Bertz CT molecular complexity index is 407. The van der Waals surface area contributed by atoms with Crippen LogP contribution in [0.5, 0.6) is 0 Å². The van der Waals surface area contributed by atoms with Gasteiger partial charge in [0.1, 0.15) is 11.7 Å². The normalized spacial score (nSPS) is 33.3. The van der Waals surface area contributed by atoms with E-state index in [0.717, 1.165) is 0 Å². The summed E-state index contributed by atoms with van der Waals surface area (Å²) in [5.41, 5.74) is -0.767. The Labute approximate surface area is 125 Å². The fourth-order valence-electron chi connectivity index (χ4n) is 2.84. The number of carbonyl (C=O) groups is 2. The second-order valence-electron chi connectivity index (χ2n) is 5.16. The Morgan fingerprint density at radius 1 is 1.33 bits per heavy atom. The molecular weight excluding hydrogens is 276 g/mol. The molecule has 0 spiro atoms. The molecule has 1 aliphatic heterocycles. The van der Waals surface area contributed by atoms with E-state index >= 15 is 0 Å². The van der Waals surface area contributed by atoms with Crippen molar-refractivity contribution in [1.29, 1.82) is 0 Å². The van der Waals surface area contributed by atoms with Gasteiger partial charge in [0.2, 0.25) is 6.29 Å². The minimum Gasteiger partial charge on any atom is -0.453 e. The first-order valence-corrected chi connectivity index (χ1v) is 7.00. The molecule has 0 saturated carbocycles. The van der Waals surface area contributed by atoms with Crippen molar-refractivity contribution >= 4 is 11.9 Å². The number of hydrogen-bond donors (Lipinski definition) is 0. The highest BCUT2D eigenvalue weighted by atomic mass is 16.7. The summed E-state index contributed by atoms with van der Waals surface area (Å²) in [7, 11) is 1.51. The monoisotopic (exact) mass is 300 g/mol. The van der Waals surface area contributed by atoms with Crippen LogP contribution < -0.4 is 0 Å². The second-order valence-corrected chi connectivity index (χ2v) is 5.16. The first-order chi connectivity index (χ1) is 9.82. The molecule has 1 unspecified atom stereocenters. The SMILES string of the molecule is C=C[C@H](C)[C@@]1(CC)OC(OC(C)=O)[C@H](OC(C)=O)[C@@H]1OC. The van der Waals surface area contributed by atoms with Crippen LogP contribution in [0.2, 0.25) is 0 Å². The zero-order valence-corrected chi connectivity index (χ0v) is 13.3. The number of esters is 2. The highest BCUT2D eigenvalue weighted by molar-refractivity contribution is 5.67. The highest BCUT2D eigenvalue weighted by Gasteiger charge is 2.59. The number of rotatable bonds is 6. The van der Waals surface area contributed by atoms with Crippen molar-refractivity contribution in [2.75, 3.05) is 7.11 Å². The number of carbonyl (C=O) groups excluding carboxylic acids is 2. The van der Waals surface area contributed by atoms with Crippen LogP contribution in [0.15, 0.2) is 12.7 Å². The van der Waals surface area contributed by atoms with Crippen LogP contribution in [0.1, 0.15) is 34.1 Å². The summed E-state index contributed by atoms with van der Waals surface area (Å²) in [5.74, 6) is -1.07. The number of hydrogen-bond acceptors (Lipinski definition) is 6. The topological polar surface area (TPSA) is 71.1 Å². The van der Waals surface area contributed by atoms with E-state index in [-0.39, 0.29) is 5.92 Å². The molecule has 1 rings (SSSR count). The van der Waals surface area contributed by atoms with Gasteiger partial charge in [-0.1, -0.05) is 19.9 Å². The summed E-state index contributed by atoms with van der Waals surface area (Å²) in [6, 6.07) is 0. The predicted molar refractivity (Wildman–Crippen MR) is 75.4 cm³/mol. The molecule has 6 nitrogen and oxygen atoms in total. The summed E-state index contributed by atoms with van der Waals surface area (Å²) >= 11 is 0. The lowest BCUT2D eigenvalue weighted by atomic mass is 9.81. The van der Waals surface area contributed by atoms with Gasteiger partial charge in [-0.3, -0.25) is 9.59 Å². The van der Waals surface area contributed by atoms with Crippen molar-refractivity contribution in [2.24, 2.45) is 5.92 Å². The Kier molecular flexibility index (Phi) is 5.92. The van der Waals surface area contributed by atoms with Crippen molar-refractivity contribution in [1.82, 2.24) is 0 Å². The van der Waals surface area contributed by atoms with Crippen LogP contribution in [0.4, 0.5) is 0 Å². The van der Waals surface area contributed by atoms with E-state index < -0.39 is 36.0 Å². The summed E-state index contributed by atoms with van der Waals surface area (Å²) in [4.78, 5) is 22.6. The average molecular weight is 300 g/mol. The summed E-state index contributed by atoms with van der Waals surface area (Å²) < 4.78 is 21.9. The Morgan fingerprint density at radius 3 is 2.29 bits per heavy atom. The molecule has 5 atom stereocenters. The number of methoxy groups -OCH3 is 1. The largest absolute Gasteiger partial charge is 0.453 e. The van der Waals surface area contributed by atoms with Crippen molar-refractivity contribution in [3.63, 3.8) is 0 Å². The fourth-order valence-corrected chi connectivity index (χ4v) is 2.84. The van der Waals surface area contributed by atoms with Gasteiger partial charge in [0.15, 0.2) is 6.10 Å². The molecule has 1 fully saturated rings. The van der Waals surface area contributed by atoms with Gasteiger partial charge >= 0.3 is 11.9 Å². The quantitative estimate of drug-likeness (QED) is 0.550. The van der Waals surface area contributed by atoms with Crippen molar-refractivity contribution in [3.05, 3.63) is 12.7 Å². The third-order valence-electron chi connectivity index (χ3n) is 3.90. The van der Waals surface area contributed by atoms with Gasteiger partial charge in [0, 0.05) is 26.9 Å². The Hall–Kier alpha value is -1.40. The van der Waals surface area contributed by atoms with Gasteiger partial charge in [-0.25, -0.2) is 0 Å². The van der Waals surface area contributed by atoms with E-state index in [9.17, 15) is 9.59 Å². The zero-order chi connectivity index (χ0) is 16.2. The lowest BCUT2D eigenvalue weighted by molar-refractivity contribution is -0.209. The van der Waals surface area contributed by atoms with Gasteiger partial charge in [-0.15, -0.1) is 6.58 Å². The molecule has 1 saturated heterocycles. The maximum atomic E-state index is 11.3. The lowest BCUT2D eigenvalue weighted by Crippen LogP contribution is -2.49. The van der Waals surface area contributed by atoms with Crippen LogP contribution in [0, 0.1) is 5.92 Å². The summed E-state index contributed by atoms with van der Waals surface area (Å²) in [6.07, 6.45) is -0.00810. The summed E-state index contributed by atoms with van der Waals surface area (Å²) in [6.45, 7) is 10.2. The summed E-state index contributed by atoms with van der Waals surface area (Å²) in [5, 5.41) is 0. The van der Waals surface area contributed by atoms with E-state index in [2.05, 4.69) is 6.58 Å². The standard InChI is InChI=1S/C15H24O6/c1-7-9(3)15(8-2)13(18-6)12(19-10(4)16)14(21-15)20-11(5)17/h7,9,12-14H,1,8H2,2-6H3/t9-,12+,13-,14?,15+/m0/s1. The van der Waals surface area contributed by atoms with Gasteiger partial charge < -0.3 is 18.9 Å². The maximum absolute atomic E-state index is 11.3. The first-order valence-electron chi connectivity index (χ1n) is 7.00. The van der Waals surface area contributed by atoms with Gasteiger partial charge in [0.25, 0.3) is 0 Å². The van der Waals surface area contributed by atoms with Gasteiger partial charge in [-0.2, -0.15) is 0 Å². The van der Waals surface area contributed by atoms with Crippen molar-refractivity contribution < 1.29 is 28.5 Å². The zero-order valence-electron chi connectivity index (χ0n) is 13.3. The fraction of sp³-hybridized carbons (Fsp3) is 0.733. The molecule has 0 bridgehead atoms. The molecule has 1 heterocycles. The van der Waals surface area contributed by atoms with Crippen molar-refractivity contribution in [2.45, 2.75) is 58.2 Å². The van der Waals surface area contributed by atoms with Crippen LogP contribution in [0.3, 0.4) is 0 Å². The Balaban J connectivity index is 3.19. The molecule has 6 heteroatoms. The third-order valence-corrected chi connectivity index (χ3v) is 3.90. The van der Waals surface area contributed by atoms with Crippen LogP contribution >= 0.6 is 0 Å². The van der Waals surface area contributed by atoms with E-state index in [1.165, 1.54) is 21.0 Å². The molecule has 0 aromatic heterocycles. The third kappa shape index (κ3) is 3.44. The minimum absolute atomic E-state index is 0.0777. The van der Waals surface area contributed by atoms with Crippen LogP contribution in [-0.2, 0) is 28.5 Å². The minimum atomic E-state index is -0.987. The van der Waals surface area contributed by atoms with Crippen LogP contribution in [0.25, 0.3) is 0 Å². The maximum Gasteiger partial charge on any atom is 0.305 e. The Morgan fingerprint density at radius 2 is 1.90 bits per heavy atom. The first kappa shape index (κ1) is 17.7. The lowest BCUT2D eigenvalue weighted by Gasteiger charge is -2.36. The van der Waals surface area contributed by atoms with E-state index in [0.29, 0.717) is 6.42 Å².